The molecule has 2 aliphatic rings. The second-order valence-corrected chi connectivity index (χ2v) is 7.08. The van der Waals surface area contributed by atoms with Crippen molar-refractivity contribution in [1.29, 1.82) is 0 Å². The van der Waals surface area contributed by atoms with Crippen molar-refractivity contribution in [3.8, 4) is 0 Å². The molecule has 2 N–H and O–H groups in total. The summed E-state index contributed by atoms with van der Waals surface area (Å²) in [5, 5.41) is 0. The third kappa shape index (κ3) is 4.46. The molecule has 2 nitrogen and oxygen atoms in total. The second kappa shape index (κ2) is 7.64. The zero-order chi connectivity index (χ0) is 13.7. The molecule has 0 aromatic carbocycles. The molecule has 19 heavy (non-hydrogen) atoms. The van der Waals surface area contributed by atoms with Crippen LogP contribution in [-0.2, 0) is 0 Å². The Morgan fingerprint density at radius 2 is 1.63 bits per heavy atom. The standard InChI is InChI=1S/C17H34N2/c1-3-14-9-11-16(12-10-14)19(2)13-15-7-5-4-6-8-17(15)18/h14-17H,3-13,18H2,1-2H3. The van der Waals surface area contributed by atoms with E-state index >= 15 is 0 Å². The highest BCUT2D eigenvalue weighted by Gasteiger charge is 2.27. The summed E-state index contributed by atoms with van der Waals surface area (Å²) in [6.07, 6.45) is 13.9. The van der Waals surface area contributed by atoms with E-state index < -0.39 is 0 Å². The van der Waals surface area contributed by atoms with Gasteiger partial charge in [0.2, 0.25) is 0 Å². The maximum Gasteiger partial charge on any atom is 0.00925 e. The van der Waals surface area contributed by atoms with Crippen molar-refractivity contribution in [3.05, 3.63) is 0 Å². The average Bonchev–Trinajstić information content (AvgIpc) is 2.64. The van der Waals surface area contributed by atoms with E-state index in [0.717, 1.165) is 17.9 Å². The Kier molecular flexibility index (Phi) is 6.15. The molecule has 0 heterocycles. The molecule has 2 unspecified atom stereocenters. The van der Waals surface area contributed by atoms with Crippen LogP contribution in [0.5, 0.6) is 0 Å². The highest BCUT2D eigenvalue weighted by Crippen LogP contribution is 2.30. The lowest BCUT2D eigenvalue weighted by Gasteiger charge is -2.37. The monoisotopic (exact) mass is 266 g/mol. The zero-order valence-electron chi connectivity index (χ0n) is 13.1. The third-order valence-corrected chi connectivity index (χ3v) is 5.76. The molecular weight excluding hydrogens is 232 g/mol. The van der Waals surface area contributed by atoms with Gasteiger partial charge < -0.3 is 10.6 Å². The number of nitrogens with two attached hydrogens (primary N) is 1. The Balaban J connectivity index is 1.78. The van der Waals surface area contributed by atoms with Gasteiger partial charge in [-0.15, -0.1) is 0 Å². The molecule has 0 radical (unpaired) electrons. The minimum atomic E-state index is 0.455. The van der Waals surface area contributed by atoms with Gasteiger partial charge in [0.25, 0.3) is 0 Å². The van der Waals surface area contributed by atoms with Crippen molar-refractivity contribution in [2.45, 2.75) is 83.2 Å². The van der Waals surface area contributed by atoms with Gasteiger partial charge in [-0.3, -0.25) is 0 Å². The minimum absolute atomic E-state index is 0.455. The van der Waals surface area contributed by atoms with Gasteiger partial charge in [-0.1, -0.05) is 32.6 Å². The summed E-state index contributed by atoms with van der Waals surface area (Å²) in [6, 6.07) is 1.29. The lowest BCUT2D eigenvalue weighted by molar-refractivity contribution is 0.135. The first-order valence-electron chi connectivity index (χ1n) is 8.66. The molecule has 2 aliphatic carbocycles. The van der Waals surface area contributed by atoms with Gasteiger partial charge in [0, 0.05) is 18.6 Å². The highest BCUT2D eigenvalue weighted by atomic mass is 15.1. The van der Waals surface area contributed by atoms with Crippen LogP contribution in [0.4, 0.5) is 0 Å². The molecule has 2 rings (SSSR count). The quantitative estimate of drug-likeness (QED) is 0.784. The van der Waals surface area contributed by atoms with Crippen LogP contribution in [0.3, 0.4) is 0 Å². The first kappa shape index (κ1) is 15.3. The fourth-order valence-electron chi connectivity index (χ4n) is 4.15. The zero-order valence-corrected chi connectivity index (χ0v) is 13.1. The molecule has 0 aromatic heterocycles. The highest BCUT2D eigenvalue weighted by molar-refractivity contribution is 4.83. The molecule has 2 heteroatoms. The number of hydrogen-bond donors (Lipinski definition) is 1. The van der Waals surface area contributed by atoms with Crippen LogP contribution in [0.1, 0.15) is 71.1 Å². The van der Waals surface area contributed by atoms with Crippen LogP contribution in [-0.4, -0.2) is 30.6 Å². The van der Waals surface area contributed by atoms with Crippen molar-refractivity contribution >= 4 is 0 Å². The summed E-state index contributed by atoms with van der Waals surface area (Å²) in [5.74, 6) is 1.75. The van der Waals surface area contributed by atoms with Crippen molar-refractivity contribution in [3.63, 3.8) is 0 Å². The van der Waals surface area contributed by atoms with Crippen molar-refractivity contribution < 1.29 is 0 Å². The fourth-order valence-corrected chi connectivity index (χ4v) is 4.15. The Morgan fingerprint density at radius 3 is 2.32 bits per heavy atom. The van der Waals surface area contributed by atoms with Crippen molar-refractivity contribution in [2.75, 3.05) is 13.6 Å². The molecule has 2 atom stereocenters. The van der Waals surface area contributed by atoms with Crippen LogP contribution in [0.2, 0.25) is 0 Å². The summed E-state index contributed by atoms with van der Waals surface area (Å²) in [5.41, 5.74) is 6.37. The van der Waals surface area contributed by atoms with E-state index in [9.17, 15) is 0 Å². The molecule has 0 amide bonds. The van der Waals surface area contributed by atoms with E-state index in [1.165, 1.54) is 70.8 Å². The molecule has 2 fully saturated rings. The maximum absolute atomic E-state index is 6.37. The molecule has 0 saturated heterocycles. The smallest absolute Gasteiger partial charge is 0.00925 e. The van der Waals surface area contributed by atoms with Gasteiger partial charge in [0.1, 0.15) is 0 Å². The molecule has 0 spiro atoms. The Bertz CT molecular complexity index is 246. The molecule has 2 saturated carbocycles. The topological polar surface area (TPSA) is 29.3 Å². The lowest BCUT2D eigenvalue weighted by atomic mass is 9.83. The Hall–Kier alpha value is -0.0800. The van der Waals surface area contributed by atoms with Crippen LogP contribution in [0, 0.1) is 11.8 Å². The second-order valence-electron chi connectivity index (χ2n) is 7.08. The largest absolute Gasteiger partial charge is 0.327 e. The molecule has 0 bridgehead atoms. The summed E-state index contributed by atoms with van der Waals surface area (Å²) in [7, 11) is 2.34. The van der Waals surface area contributed by atoms with Gasteiger partial charge in [-0.25, -0.2) is 0 Å². The number of rotatable bonds is 4. The van der Waals surface area contributed by atoms with Crippen LogP contribution < -0.4 is 5.73 Å². The van der Waals surface area contributed by atoms with E-state index in [1.54, 1.807) is 0 Å². The van der Waals surface area contributed by atoms with Gasteiger partial charge in [0.05, 0.1) is 0 Å². The fraction of sp³-hybridized carbons (Fsp3) is 1.00. The van der Waals surface area contributed by atoms with Crippen LogP contribution in [0.25, 0.3) is 0 Å². The maximum atomic E-state index is 6.37. The molecule has 112 valence electrons. The summed E-state index contributed by atoms with van der Waals surface area (Å²) >= 11 is 0. The minimum Gasteiger partial charge on any atom is -0.327 e. The first-order chi connectivity index (χ1) is 9.20. The van der Waals surface area contributed by atoms with Crippen molar-refractivity contribution in [1.82, 2.24) is 4.90 Å². The van der Waals surface area contributed by atoms with Gasteiger partial charge >= 0.3 is 0 Å². The van der Waals surface area contributed by atoms with Gasteiger partial charge in [-0.05, 0) is 57.4 Å². The summed E-state index contributed by atoms with van der Waals surface area (Å²) in [4.78, 5) is 2.64. The molecule has 0 aromatic rings. The third-order valence-electron chi connectivity index (χ3n) is 5.76. The normalized spacial score (nSPS) is 37.3. The Labute approximate surface area is 120 Å². The SMILES string of the molecule is CCC1CCC(N(C)CC2CCCCCC2N)CC1. The predicted octanol–water partition coefficient (Wildman–Crippen LogP) is 3.79. The van der Waals surface area contributed by atoms with E-state index in [-0.39, 0.29) is 0 Å². The Morgan fingerprint density at radius 1 is 0.947 bits per heavy atom. The predicted molar refractivity (Wildman–Crippen MR) is 83.2 cm³/mol. The number of hydrogen-bond acceptors (Lipinski definition) is 2. The molecule has 0 aliphatic heterocycles. The summed E-state index contributed by atoms with van der Waals surface area (Å²) < 4.78 is 0. The van der Waals surface area contributed by atoms with E-state index in [2.05, 4.69) is 18.9 Å². The van der Waals surface area contributed by atoms with Crippen LogP contribution >= 0.6 is 0 Å². The van der Waals surface area contributed by atoms with Gasteiger partial charge in [-0.2, -0.15) is 0 Å². The lowest BCUT2D eigenvalue weighted by Crippen LogP contribution is -2.42. The average molecular weight is 266 g/mol. The van der Waals surface area contributed by atoms with E-state index in [4.69, 9.17) is 5.73 Å². The van der Waals surface area contributed by atoms with Gasteiger partial charge in [0.15, 0.2) is 0 Å². The van der Waals surface area contributed by atoms with E-state index in [1.807, 2.05) is 0 Å². The number of nitrogens with zero attached hydrogens (tertiary/aromatic N) is 1. The summed E-state index contributed by atoms with van der Waals surface area (Å²) in [6.45, 7) is 3.59. The molecular formula is C17H34N2. The van der Waals surface area contributed by atoms with Crippen molar-refractivity contribution in [2.24, 2.45) is 17.6 Å². The first-order valence-corrected chi connectivity index (χ1v) is 8.66. The van der Waals surface area contributed by atoms with Crippen LogP contribution in [0.15, 0.2) is 0 Å². The van der Waals surface area contributed by atoms with E-state index in [0.29, 0.717) is 6.04 Å².